The highest BCUT2D eigenvalue weighted by atomic mass is 19.4. The van der Waals surface area contributed by atoms with Gasteiger partial charge in [-0.3, -0.25) is 0 Å². The Labute approximate surface area is 91.4 Å². The molecule has 1 aromatic heterocycles. The molecule has 0 aliphatic heterocycles. The first-order valence-electron chi connectivity index (χ1n) is 3.98. The third-order valence-corrected chi connectivity index (χ3v) is 1.65. The molecule has 0 fully saturated rings. The van der Waals surface area contributed by atoms with Gasteiger partial charge in [0.05, 0.1) is 17.4 Å². The topological polar surface area (TPSA) is 71.9 Å². The highest BCUT2D eigenvalue weighted by Crippen LogP contribution is 2.38. The summed E-state index contributed by atoms with van der Waals surface area (Å²) in [6, 6.07) is 1.22. The van der Waals surface area contributed by atoms with Crippen LogP contribution in [0.15, 0.2) is 6.20 Å². The molecule has 0 aliphatic rings. The monoisotopic (exact) mass is 253 g/mol. The van der Waals surface area contributed by atoms with Crippen molar-refractivity contribution in [2.75, 3.05) is 5.73 Å². The van der Waals surface area contributed by atoms with E-state index in [0.717, 1.165) is 0 Å². The lowest BCUT2D eigenvalue weighted by Crippen LogP contribution is -2.20. The van der Waals surface area contributed by atoms with Crippen LogP contribution >= 0.6 is 0 Å². The van der Waals surface area contributed by atoms with E-state index in [0.29, 0.717) is 6.20 Å². The fourth-order valence-electron chi connectivity index (χ4n) is 1.04. The molecule has 2 N–H and O–H groups in total. The van der Waals surface area contributed by atoms with Gasteiger partial charge in [-0.25, -0.2) is 13.8 Å². The van der Waals surface area contributed by atoms with Crippen LogP contribution in [0, 0.1) is 11.3 Å². The normalized spacial score (nSPS) is 11.4. The quantitative estimate of drug-likeness (QED) is 0.821. The summed E-state index contributed by atoms with van der Waals surface area (Å²) in [4.78, 5) is 3.18. The number of rotatable bonds is 2. The Bertz CT molecular complexity index is 465. The van der Waals surface area contributed by atoms with E-state index in [1.54, 1.807) is 0 Å². The number of alkyl halides is 5. The second-order valence-electron chi connectivity index (χ2n) is 2.77. The van der Waals surface area contributed by atoms with Gasteiger partial charge in [0.1, 0.15) is 6.07 Å². The van der Waals surface area contributed by atoms with Crippen molar-refractivity contribution >= 4 is 5.69 Å². The predicted octanol–water partition coefficient (Wildman–Crippen LogP) is 2.37. The van der Waals surface area contributed by atoms with Gasteiger partial charge < -0.3 is 10.5 Å². The van der Waals surface area contributed by atoms with Crippen molar-refractivity contribution in [2.24, 2.45) is 0 Å². The first-order valence-corrected chi connectivity index (χ1v) is 3.98. The van der Waals surface area contributed by atoms with Gasteiger partial charge in [0.15, 0.2) is 11.4 Å². The van der Waals surface area contributed by atoms with Crippen molar-refractivity contribution in [2.45, 2.75) is 12.8 Å². The molecular weight excluding hydrogens is 249 g/mol. The Morgan fingerprint density at radius 2 is 2.00 bits per heavy atom. The fourth-order valence-corrected chi connectivity index (χ4v) is 1.04. The zero-order chi connectivity index (χ0) is 13.2. The van der Waals surface area contributed by atoms with Crippen LogP contribution in [0.1, 0.15) is 17.7 Å². The standard InChI is InChI=1S/C8H4F5N3O/c9-7(10)5-3(15)2-16-4(1-14)6(5)17-8(11,12)13/h2,7H,15H2. The molecule has 0 bridgehead atoms. The van der Waals surface area contributed by atoms with Gasteiger partial charge in [-0.1, -0.05) is 0 Å². The Morgan fingerprint density at radius 1 is 1.41 bits per heavy atom. The van der Waals surface area contributed by atoms with Crippen molar-refractivity contribution < 1.29 is 26.7 Å². The van der Waals surface area contributed by atoms with E-state index < -0.39 is 35.5 Å². The zero-order valence-electron chi connectivity index (χ0n) is 7.92. The number of aromatic nitrogens is 1. The van der Waals surface area contributed by atoms with Crippen LogP contribution in [-0.2, 0) is 0 Å². The molecule has 0 unspecified atom stereocenters. The molecule has 1 heterocycles. The molecule has 0 spiro atoms. The Balaban J connectivity index is 3.42. The molecule has 0 aliphatic carbocycles. The van der Waals surface area contributed by atoms with Gasteiger partial charge in [0, 0.05) is 0 Å². The molecule has 92 valence electrons. The number of halogens is 5. The molecule has 0 saturated heterocycles. The number of nitrogens with two attached hydrogens (primary N) is 1. The van der Waals surface area contributed by atoms with E-state index >= 15 is 0 Å². The van der Waals surface area contributed by atoms with Gasteiger partial charge >= 0.3 is 6.36 Å². The molecule has 17 heavy (non-hydrogen) atoms. The summed E-state index contributed by atoms with van der Waals surface area (Å²) in [6.07, 6.45) is -7.86. The average molecular weight is 253 g/mol. The summed E-state index contributed by atoms with van der Waals surface area (Å²) < 4.78 is 64.3. The largest absolute Gasteiger partial charge is 0.573 e. The van der Waals surface area contributed by atoms with Gasteiger partial charge in [-0.05, 0) is 0 Å². The maximum Gasteiger partial charge on any atom is 0.573 e. The number of hydrogen-bond donors (Lipinski definition) is 1. The summed E-state index contributed by atoms with van der Waals surface area (Å²) >= 11 is 0. The smallest absolute Gasteiger partial charge is 0.402 e. The van der Waals surface area contributed by atoms with Crippen LogP contribution in [0.4, 0.5) is 27.6 Å². The lowest BCUT2D eigenvalue weighted by molar-refractivity contribution is -0.275. The van der Waals surface area contributed by atoms with Crippen molar-refractivity contribution in [3.05, 3.63) is 17.5 Å². The van der Waals surface area contributed by atoms with Crippen molar-refractivity contribution in [1.29, 1.82) is 5.26 Å². The van der Waals surface area contributed by atoms with E-state index in [4.69, 9.17) is 11.0 Å². The molecule has 0 amide bonds. The summed E-state index contributed by atoms with van der Waals surface area (Å²) in [6.45, 7) is 0. The van der Waals surface area contributed by atoms with Crippen LogP contribution in [0.3, 0.4) is 0 Å². The molecule has 1 aromatic rings. The van der Waals surface area contributed by atoms with E-state index in [9.17, 15) is 22.0 Å². The van der Waals surface area contributed by atoms with Crippen molar-refractivity contribution in [3.8, 4) is 11.8 Å². The molecule has 0 aromatic carbocycles. The number of nitrogen functional groups attached to an aromatic ring is 1. The number of pyridine rings is 1. The lowest BCUT2D eigenvalue weighted by Gasteiger charge is -2.14. The fraction of sp³-hybridized carbons (Fsp3) is 0.250. The van der Waals surface area contributed by atoms with Gasteiger partial charge in [-0.15, -0.1) is 13.2 Å². The predicted molar refractivity (Wildman–Crippen MR) is 45.0 cm³/mol. The maximum absolute atomic E-state index is 12.5. The number of nitriles is 1. The molecule has 9 heteroatoms. The van der Waals surface area contributed by atoms with Crippen molar-refractivity contribution in [3.63, 3.8) is 0 Å². The van der Waals surface area contributed by atoms with Crippen LogP contribution in [0.25, 0.3) is 0 Å². The lowest BCUT2D eigenvalue weighted by atomic mass is 10.2. The van der Waals surface area contributed by atoms with E-state index in [1.165, 1.54) is 6.07 Å². The number of nitrogens with zero attached hydrogens (tertiary/aromatic N) is 2. The molecule has 0 atom stereocenters. The summed E-state index contributed by atoms with van der Waals surface area (Å²) in [7, 11) is 0. The van der Waals surface area contributed by atoms with Gasteiger partial charge in [-0.2, -0.15) is 5.26 Å². The van der Waals surface area contributed by atoms with Crippen LogP contribution < -0.4 is 10.5 Å². The second kappa shape index (κ2) is 4.40. The first-order chi connectivity index (χ1) is 7.76. The SMILES string of the molecule is N#Cc1ncc(N)c(C(F)F)c1OC(F)(F)F. The summed E-state index contributed by atoms with van der Waals surface area (Å²) in [5, 5.41) is 8.47. The Morgan fingerprint density at radius 3 is 2.41 bits per heavy atom. The minimum Gasteiger partial charge on any atom is -0.402 e. The third kappa shape index (κ3) is 2.93. The second-order valence-corrected chi connectivity index (χ2v) is 2.77. The average Bonchev–Trinajstić information content (AvgIpc) is 2.15. The Kier molecular flexibility index (Phi) is 3.36. The Hall–Kier alpha value is -2.11. The van der Waals surface area contributed by atoms with Crippen LogP contribution in [0.5, 0.6) is 5.75 Å². The number of anilines is 1. The third-order valence-electron chi connectivity index (χ3n) is 1.65. The maximum atomic E-state index is 12.5. The molecule has 0 saturated carbocycles. The number of hydrogen-bond acceptors (Lipinski definition) is 4. The van der Waals surface area contributed by atoms with Crippen LogP contribution in [0.2, 0.25) is 0 Å². The highest BCUT2D eigenvalue weighted by molar-refractivity contribution is 5.57. The minimum atomic E-state index is -5.22. The molecule has 1 rings (SSSR count). The number of ether oxygens (including phenoxy) is 1. The van der Waals surface area contributed by atoms with Gasteiger partial charge in [0.25, 0.3) is 6.43 Å². The van der Waals surface area contributed by atoms with E-state index in [1.807, 2.05) is 0 Å². The minimum absolute atomic E-state index is 0.670. The van der Waals surface area contributed by atoms with Crippen molar-refractivity contribution in [1.82, 2.24) is 4.98 Å². The first kappa shape index (κ1) is 13.0. The van der Waals surface area contributed by atoms with Gasteiger partial charge in [0.2, 0.25) is 0 Å². The molecular formula is C8H4F5N3O. The molecule has 4 nitrogen and oxygen atoms in total. The zero-order valence-corrected chi connectivity index (χ0v) is 7.92. The van der Waals surface area contributed by atoms with E-state index in [2.05, 4.69) is 9.72 Å². The highest BCUT2D eigenvalue weighted by Gasteiger charge is 2.36. The van der Waals surface area contributed by atoms with Crippen LogP contribution in [-0.4, -0.2) is 11.3 Å². The summed E-state index contributed by atoms with van der Waals surface area (Å²) in [5.74, 6) is -1.37. The summed E-state index contributed by atoms with van der Waals surface area (Å²) in [5.41, 5.74) is 2.27. The van der Waals surface area contributed by atoms with E-state index in [-0.39, 0.29) is 0 Å². The molecule has 0 radical (unpaired) electrons.